The fourth-order valence-electron chi connectivity index (χ4n) is 2.78. The van der Waals surface area contributed by atoms with Crippen molar-refractivity contribution in [2.75, 3.05) is 38.2 Å². The van der Waals surface area contributed by atoms with Gasteiger partial charge in [0.05, 0.1) is 12.9 Å². The topological polar surface area (TPSA) is 67.4 Å². The van der Waals surface area contributed by atoms with Crippen LogP contribution in [0.4, 0.5) is 0 Å². The Bertz CT molecular complexity index is 349. The highest BCUT2D eigenvalue weighted by Crippen LogP contribution is 2.58. The standard InChI is InChI=1S/C13H22N2O3S.ClH/c1-18-11(16)9-19-7-6-15-12(17)10-8-13(10)2-4-14-5-3-13;/h10,14H,2-9H2,1H3,(H,15,17);1H. The summed E-state index contributed by atoms with van der Waals surface area (Å²) in [6.45, 7) is 2.71. The van der Waals surface area contributed by atoms with Crippen LogP contribution >= 0.6 is 24.2 Å². The molecular weight excluding hydrogens is 300 g/mol. The summed E-state index contributed by atoms with van der Waals surface area (Å²) in [4.78, 5) is 22.9. The third-order valence-electron chi connectivity index (χ3n) is 4.10. The molecule has 7 heteroatoms. The molecule has 1 saturated heterocycles. The van der Waals surface area contributed by atoms with Crippen LogP contribution in [0.3, 0.4) is 0 Å². The Morgan fingerprint density at radius 3 is 2.75 bits per heavy atom. The summed E-state index contributed by atoms with van der Waals surface area (Å²) in [7, 11) is 1.39. The van der Waals surface area contributed by atoms with Gasteiger partial charge in [0.1, 0.15) is 0 Å². The first-order chi connectivity index (χ1) is 9.18. The Morgan fingerprint density at radius 1 is 1.40 bits per heavy atom. The molecule has 1 aliphatic heterocycles. The van der Waals surface area contributed by atoms with E-state index < -0.39 is 0 Å². The molecule has 2 aliphatic rings. The zero-order valence-corrected chi connectivity index (χ0v) is 13.4. The third kappa shape index (κ3) is 4.53. The monoisotopic (exact) mass is 322 g/mol. The summed E-state index contributed by atoms with van der Waals surface area (Å²) in [5.74, 6) is 1.31. The van der Waals surface area contributed by atoms with Crippen LogP contribution in [-0.4, -0.2) is 50.1 Å². The second-order valence-corrected chi connectivity index (χ2v) is 6.39. The van der Waals surface area contributed by atoms with Crippen LogP contribution in [-0.2, 0) is 14.3 Å². The van der Waals surface area contributed by atoms with Gasteiger partial charge in [-0.3, -0.25) is 9.59 Å². The van der Waals surface area contributed by atoms with E-state index >= 15 is 0 Å². The van der Waals surface area contributed by atoms with E-state index in [1.807, 2.05) is 0 Å². The van der Waals surface area contributed by atoms with Crippen molar-refractivity contribution in [3.05, 3.63) is 0 Å². The summed E-state index contributed by atoms with van der Waals surface area (Å²) in [6.07, 6.45) is 3.31. The normalized spacial score (nSPS) is 22.8. The molecule has 1 saturated carbocycles. The summed E-state index contributed by atoms with van der Waals surface area (Å²) in [5, 5.41) is 6.31. The molecule has 0 bridgehead atoms. The van der Waals surface area contributed by atoms with Crippen LogP contribution < -0.4 is 10.6 Å². The van der Waals surface area contributed by atoms with Gasteiger partial charge in [0.15, 0.2) is 0 Å². The number of carbonyl (C=O) groups excluding carboxylic acids is 2. The molecule has 2 N–H and O–H groups in total. The number of ether oxygens (including phenoxy) is 1. The molecule has 1 aliphatic carbocycles. The second-order valence-electron chi connectivity index (χ2n) is 5.29. The van der Waals surface area contributed by atoms with Gasteiger partial charge in [0.2, 0.25) is 5.91 Å². The zero-order chi connectivity index (χ0) is 13.7. The fourth-order valence-corrected chi connectivity index (χ4v) is 3.45. The van der Waals surface area contributed by atoms with Crippen LogP contribution in [0.1, 0.15) is 19.3 Å². The molecule has 5 nitrogen and oxygen atoms in total. The van der Waals surface area contributed by atoms with Crippen molar-refractivity contribution in [1.82, 2.24) is 10.6 Å². The smallest absolute Gasteiger partial charge is 0.315 e. The lowest BCUT2D eigenvalue weighted by molar-refractivity contribution is -0.137. The van der Waals surface area contributed by atoms with Gasteiger partial charge < -0.3 is 15.4 Å². The number of methoxy groups -OCH3 is 1. The van der Waals surface area contributed by atoms with Crippen molar-refractivity contribution in [2.45, 2.75) is 19.3 Å². The first-order valence-electron chi connectivity index (χ1n) is 6.81. The van der Waals surface area contributed by atoms with Crippen molar-refractivity contribution in [3.8, 4) is 0 Å². The Hall–Kier alpha value is -0.460. The molecule has 1 spiro atoms. The summed E-state index contributed by atoms with van der Waals surface area (Å²) in [5.41, 5.74) is 0.300. The van der Waals surface area contributed by atoms with Gasteiger partial charge in [-0.25, -0.2) is 0 Å². The molecule has 116 valence electrons. The van der Waals surface area contributed by atoms with Crippen molar-refractivity contribution < 1.29 is 14.3 Å². The third-order valence-corrected chi connectivity index (χ3v) is 5.03. The van der Waals surface area contributed by atoms with E-state index in [-0.39, 0.29) is 30.2 Å². The number of amides is 1. The number of piperidine rings is 1. The van der Waals surface area contributed by atoms with Crippen LogP contribution in [0.5, 0.6) is 0 Å². The molecule has 1 unspecified atom stereocenters. The number of nitrogens with one attached hydrogen (secondary N) is 2. The molecule has 0 aromatic rings. The molecule has 0 aromatic carbocycles. The fraction of sp³-hybridized carbons (Fsp3) is 0.846. The first-order valence-corrected chi connectivity index (χ1v) is 7.96. The highest BCUT2D eigenvalue weighted by atomic mass is 35.5. The van der Waals surface area contributed by atoms with Gasteiger partial charge >= 0.3 is 5.97 Å². The zero-order valence-electron chi connectivity index (χ0n) is 11.8. The molecule has 2 rings (SSSR count). The molecule has 1 amide bonds. The Kier molecular flexibility index (Phi) is 7.12. The highest BCUT2D eigenvalue weighted by molar-refractivity contribution is 7.99. The Labute approximate surface area is 130 Å². The Balaban J connectivity index is 0.00000200. The van der Waals surface area contributed by atoms with E-state index in [2.05, 4.69) is 15.4 Å². The lowest BCUT2D eigenvalue weighted by Crippen LogP contribution is -2.34. The van der Waals surface area contributed by atoms with E-state index in [9.17, 15) is 9.59 Å². The van der Waals surface area contributed by atoms with Gasteiger partial charge in [0, 0.05) is 18.2 Å². The first kappa shape index (κ1) is 17.6. The van der Waals surface area contributed by atoms with Crippen molar-refractivity contribution in [2.24, 2.45) is 11.3 Å². The Morgan fingerprint density at radius 2 is 2.10 bits per heavy atom. The van der Waals surface area contributed by atoms with Crippen molar-refractivity contribution in [3.63, 3.8) is 0 Å². The van der Waals surface area contributed by atoms with Crippen LogP contribution in [0, 0.1) is 11.3 Å². The molecule has 1 atom stereocenters. The predicted octanol–water partition coefficient (Wildman–Crippen LogP) is 0.820. The van der Waals surface area contributed by atoms with Crippen LogP contribution in [0.15, 0.2) is 0 Å². The van der Waals surface area contributed by atoms with Gasteiger partial charge in [-0.15, -0.1) is 24.2 Å². The SMILES string of the molecule is COC(=O)CSCCNC(=O)C1CC12CCNCC2.Cl. The molecule has 1 heterocycles. The largest absolute Gasteiger partial charge is 0.468 e. The lowest BCUT2D eigenvalue weighted by Gasteiger charge is -2.23. The van der Waals surface area contributed by atoms with E-state index in [0.29, 0.717) is 17.7 Å². The minimum absolute atomic E-state index is 0. The lowest BCUT2D eigenvalue weighted by atomic mass is 9.92. The number of esters is 1. The molecule has 2 fully saturated rings. The summed E-state index contributed by atoms with van der Waals surface area (Å²) >= 11 is 1.49. The minimum atomic E-state index is -0.216. The maximum absolute atomic E-state index is 12.0. The average Bonchev–Trinajstić information content (AvgIpc) is 3.12. The van der Waals surface area contributed by atoms with Gasteiger partial charge in [-0.05, 0) is 37.8 Å². The highest BCUT2D eigenvalue weighted by Gasteiger charge is 2.57. The van der Waals surface area contributed by atoms with Crippen LogP contribution in [0.2, 0.25) is 0 Å². The second kappa shape index (κ2) is 8.10. The number of carbonyl (C=O) groups is 2. The van der Waals surface area contributed by atoms with E-state index in [1.165, 1.54) is 18.9 Å². The van der Waals surface area contributed by atoms with E-state index in [1.54, 1.807) is 0 Å². The maximum Gasteiger partial charge on any atom is 0.315 e. The number of rotatable bonds is 6. The quantitative estimate of drug-likeness (QED) is 0.560. The number of thioether (sulfide) groups is 1. The van der Waals surface area contributed by atoms with Crippen molar-refractivity contribution in [1.29, 1.82) is 0 Å². The van der Waals surface area contributed by atoms with Crippen LogP contribution in [0.25, 0.3) is 0 Å². The molecule has 20 heavy (non-hydrogen) atoms. The van der Waals surface area contributed by atoms with Gasteiger partial charge in [0.25, 0.3) is 0 Å². The number of hydrogen-bond acceptors (Lipinski definition) is 5. The van der Waals surface area contributed by atoms with Gasteiger partial charge in [-0.1, -0.05) is 0 Å². The molecular formula is C13H23ClN2O3S. The number of halogens is 1. The summed E-state index contributed by atoms with van der Waals surface area (Å²) in [6, 6.07) is 0. The average molecular weight is 323 g/mol. The molecule has 0 radical (unpaired) electrons. The van der Waals surface area contributed by atoms with E-state index in [0.717, 1.165) is 38.1 Å². The summed E-state index contributed by atoms with van der Waals surface area (Å²) < 4.78 is 4.55. The predicted molar refractivity (Wildman–Crippen MR) is 82.2 cm³/mol. The van der Waals surface area contributed by atoms with Gasteiger partial charge in [-0.2, -0.15) is 0 Å². The maximum atomic E-state index is 12.0. The van der Waals surface area contributed by atoms with E-state index in [4.69, 9.17) is 0 Å². The number of hydrogen-bond donors (Lipinski definition) is 2. The minimum Gasteiger partial charge on any atom is -0.468 e. The molecule has 0 aromatic heterocycles. The van der Waals surface area contributed by atoms with Crippen molar-refractivity contribution >= 4 is 36.0 Å².